The van der Waals surface area contributed by atoms with Crippen molar-refractivity contribution < 1.29 is 17.5 Å². The summed E-state index contributed by atoms with van der Waals surface area (Å²) < 4.78 is 0. The van der Waals surface area contributed by atoms with Crippen LogP contribution in [0, 0.1) is 5.39 Å². The summed E-state index contributed by atoms with van der Waals surface area (Å²) in [6.45, 7) is 0.0536. The molecule has 0 spiro atoms. The normalized spacial score (nSPS) is 9.35. The summed E-state index contributed by atoms with van der Waals surface area (Å²) in [4.78, 5) is 5.75. The van der Waals surface area contributed by atoms with Gasteiger partial charge in [0, 0.05) is 25.9 Å². The predicted molar refractivity (Wildman–Crippen MR) is 68.3 cm³/mol. The molecule has 0 heterocycles. The third-order valence-corrected chi connectivity index (χ3v) is 3.57. The van der Waals surface area contributed by atoms with E-state index in [9.17, 15) is 0 Å². The Hall–Kier alpha value is -0.670. The lowest BCUT2D eigenvalue weighted by atomic mass is 10.2. The number of anilines is 1. The molecule has 0 radical (unpaired) electrons. The average Bonchev–Trinajstić information content (AvgIpc) is 2.26. The lowest BCUT2D eigenvalue weighted by molar-refractivity contribution is -0.00000456. The standard InChI is InChI=1S/C10H13ClN3OS.ClH/c1-14(2)8-4-3-7(13-12)10(9(8)11)16-6-5-15;/h3-4,15H,5-6H2,1-2H3;1H/q+1;/p-1. The molecule has 1 aromatic rings. The molecule has 7 heteroatoms. The van der Waals surface area contributed by atoms with Crippen molar-refractivity contribution in [3.8, 4) is 0 Å². The predicted octanol–water partition coefficient (Wildman–Crippen LogP) is -0.0210. The van der Waals surface area contributed by atoms with Gasteiger partial charge in [0.15, 0.2) is 4.98 Å². The molecule has 0 aliphatic rings. The van der Waals surface area contributed by atoms with Gasteiger partial charge >= 0.3 is 5.69 Å². The molecule has 0 aromatic heterocycles. The summed E-state index contributed by atoms with van der Waals surface area (Å²) in [7, 11) is 3.77. The van der Waals surface area contributed by atoms with E-state index in [1.54, 1.807) is 12.1 Å². The summed E-state index contributed by atoms with van der Waals surface area (Å²) in [5.41, 5.74) is 1.28. The van der Waals surface area contributed by atoms with Crippen LogP contribution < -0.4 is 17.3 Å². The van der Waals surface area contributed by atoms with Crippen LogP contribution in [0.4, 0.5) is 11.4 Å². The number of nitrogens with zero attached hydrogens (tertiary/aromatic N) is 3. The maximum Gasteiger partial charge on any atom is 0.400 e. The third-order valence-electron chi connectivity index (χ3n) is 1.98. The van der Waals surface area contributed by atoms with Crippen LogP contribution >= 0.6 is 23.4 Å². The minimum Gasteiger partial charge on any atom is -1.00 e. The van der Waals surface area contributed by atoms with E-state index in [-0.39, 0.29) is 19.0 Å². The maximum atomic E-state index is 8.85. The lowest BCUT2D eigenvalue weighted by Gasteiger charge is -2.15. The van der Waals surface area contributed by atoms with Gasteiger partial charge in [0.2, 0.25) is 5.39 Å². The molecule has 0 amide bonds. The van der Waals surface area contributed by atoms with Gasteiger partial charge in [0.25, 0.3) is 0 Å². The molecule has 0 aliphatic heterocycles. The fourth-order valence-corrected chi connectivity index (χ4v) is 2.52. The Morgan fingerprint density at radius 3 is 2.59 bits per heavy atom. The first-order valence-corrected chi connectivity index (χ1v) is 6.06. The smallest absolute Gasteiger partial charge is 0.400 e. The Labute approximate surface area is 116 Å². The summed E-state index contributed by atoms with van der Waals surface area (Å²) in [5, 5.41) is 18.2. The van der Waals surface area contributed by atoms with Gasteiger partial charge in [-0.3, -0.25) is 0 Å². The van der Waals surface area contributed by atoms with Gasteiger partial charge in [-0.1, -0.05) is 11.6 Å². The first-order valence-electron chi connectivity index (χ1n) is 4.70. The highest BCUT2D eigenvalue weighted by Crippen LogP contribution is 2.41. The molecule has 94 valence electrons. The number of halogens is 2. The highest BCUT2D eigenvalue weighted by Gasteiger charge is 2.21. The number of thioether (sulfide) groups is 1. The number of aliphatic hydroxyl groups is 1. The van der Waals surface area contributed by atoms with Crippen molar-refractivity contribution >= 4 is 34.7 Å². The van der Waals surface area contributed by atoms with Crippen molar-refractivity contribution in [2.24, 2.45) is 0 Å². The lowest BCUT2D eigenvalue weighted by Crippen LogP contribution is -3.00. The van der Waals surface area contributed by atoms with Crippen LogP contribution in [0.15, 0.2) is 17.0 Å². The van der Waals surface area contributed by atoms with Gasteiger partial charge in [0.1, 0.15) is 4.90 Å². The van der Waals surface area contributed by atoms with Gasteiger partial charge in [-0.25, -0.2) is 0 Å². The van der Waals surface area contributed by atoms with E-state index in [0.29, 0.717) is 21.4 Å². The maximum absolute atomic E-state index is 8.85. The van der Waals surface area contributed by atoms with Gasteiger partial charge < -0.3 is 22.4 Å². The highest BCUT2D eigenvalue weighted by molar-refractivity contribution is 7.99. The van der Waals surface area contributed by atoms with Crippen molar-refractivity contribution in [1.29, 1.82) is 5.39 Å². The van der Waals surface area contributed by atoms with E-state index in [1.165, 1.54) is 11.8 Å². The van der Waals surface area contributed by atoms with Crippen LogP contribution in [0.5, 0.6) is 0 Å². The summed E-state index contributed by atoms with van der Waals surface area (Å²) in [6, 6.07) is 3.49. The molecular weight excluding hydrogens is 281 g/mol. The molecule has 0 fully saturated rings. The average molecular weight is 294 g/mol. The molecule has 0 aliphatic carbocycles. The van der Waals surface area contributed by atoms with Crippen molar-refractivity contribution in [2.45, 2.75) is 4.90 Å². The van der Waals surface area contributed by atoms with Crippen molar-refractivity contribution in [1.82, 2.24) is 0 Å². The second kappa shape index (κ2) is 7.62. The first-order chi connectivity index (χ1) is 7.61. The summed E-state index contributed by atoms with van der Waals surface area (Å²) in [6.07, 6.45) is 0. The van der Waals surface area contributed by atoms with E-state index < -0.39 is 0 Å². The Morgan fingerprint density at radius 1 is 1.47 bits per heavy atom. The van der Waals surface area contributed by atoms with Crippen LogP contribution in [0.25, 0.3) is 4.98 Å². The topological polar surface area (TPSA) is 51.6 Å². The molecule has 0 saturated heterocycles. The van der Waals surface area contributed by atoms with Crippen molar-refractivity contribution in [3.63, 3.8) is 0 Å². The van der Waals surface area contributed by atoms with Crippen LogP contribution in [0.3, 0.4) is 0 Å². The molecule has 0 saturated carbocycles. The Morgan fingerprint density at radius 2 is 2.12 bits per heavy atom. The fraction of sp³-hybridized carbons (Fsp3) is 0.400. The van der Waals surface area contributed by atoms with Gasteiger partial charge in [-0.15, -0.1) is 11.8 Å². The van der Waals surface area contributed by atoms with Crippen molar-refractivity contribution in [2.75, 3.05) is 31.4 Å². The van der Waals surface area contributed by atoms with Crippen LogP contribution in [-0.2, 0) is 0 Å². The number of aliphatic hydroxyl groups excluding tert-OH is 1. The largest absolute Gasteiger partial charge is 1.00 e. The van der Waals surface area contributed by atoms with Gasteiger partial charge in [-0.2, -0.15) is 0 Å². The quantitative estimate of drug-likeness (QED) is 0.626. The van der Waals surface area contributed by atoms with E-state index >= 15 is 0 Å². The van der Waals surface area contributed by atoms with Crippen LogP contribution in [-0.4, -0.2) is 31.6 Å². The zero-order valence-corrected chi connectivity index (χ0v) is 11.9. The molecule has 0 bridgehead atoms. The zero-order chi connectivity index (χ0) is 12.1. The third kappa shape index (κ3) is 3.93. The number of rotatable bonds is 4. The molecule has 1 aromatic carbocycles. The Balaban J connectivity index is 0.00000256. The summed E-state index contributed by atoms with van der Waals surface area (Å²) in [5.74, 6) is 0.513. The molecule has 4 nitrogen and oxygen atoms in total. The van der Waals surface area contributed by atoms with Crippen LogP contribution in [0.1, 0.15) is 0 Å². The molecule has 0 atom stereocenters. The fourth-order valence-electron chi connectivity index (χ4n) is 1.24. The second-order valence-electron chi connectivity index (χ2n) is 3.31. The van der Waals surface area contributed by atoms with E-state index in [4.69, 9.17) is 22.1 Å². The minimum absolute atomic E-state index is 0. The Kier molecular flexibility index (Phi) is 7.32. The second-order valence-corrected chi connectivity index (χ2v) is 4.80. The number of hydrogen-bond acceptors (Lipinski definition) is 4. The SMILES string of the molecule is CN(C)c1ccc([N+]#N)c(SCCO)c1Cl.[Cl-]. The monoisotopic (exact) mass is 293 g/mol. The van der Waals surface area contributed by atoms with Crippen LogP contribution in [0.2, 0.25) is 5.02 Å². The Bertz CT molecular complexity index is 421. The van der Waals surface area contributed by atoms with E-state index in [1.807, 2.05) is 19.0 Å². The van der Waals surface area contributed by atoms with Gasteiger partial charge in [-0.05, 0) is 6.07 Å². The molecular formula is C10H13Cl2N3OS. The number of diazo groups is 1. The molecule has 1 N–H and O–H groups in total. The van der Waals surface area contributed by atoms with E-state index in [2.05, 4.69) is 4.98 Å². The summed E-state index contributed by atoms with van der Waals surface area (Å²) >= 11 is 7.58. The number of hydrogen-bond donors (Lipinski definition) is 1. The first kappa shape index (κ1) is 16.3. The molecule has 17 heavy (non-hydrogen) atoms. The number of benzene rings is 1. The van der Waals surface area contributed by atoms with Gasteiger partial charge in [0.05, 0.1) is 17.3 Å². The minimum atomic E-state index is 0. The highest BCUT2D eigenvalue weighted by atomic mass is 35.5. The molecule has 1 rings (SSSR count). The van der Waals surface area contributed by atoms with Crippen molar-refractivity contribution in [3.05, 3.63) is 22.1 Å². The molecule has 0 unspecified atom stereocenters. The van der Waals surface area contributed by atoms with E-state index in [0.717, 1.165) is 5.69 Å². The zero-order valence-electron chi connectivity index (χ0n) is 9.52.